The summed E-state index contributed by atoms with van der Waals surface area (Å²) in [4.78, 5) is 12.6. The van der Waals surface area contributed by atoms with E-state index in [0.29, 0.717) is 12.2 Å². The van der Waals surface area contributed by atoms with Crippen LogP contribution in [0.5, 0.6) is 5.88 Å². The number of fused-ring (bicyclic) bond motifs is 3. The summed E-state index contributed by atoms with van der Waals surface area (Å²) in [5.74, 6) is 0.0990. The van der Waals surface area contributed by atoms with Crippen molar-refractivity contribution in [2.24, 2.45) is 0 Å². The first kappa shape index (κ1) is 20.6. The Morgan fingerprint density at radius 2 is 1.84 bits per heavy atom. The standard InChI is InChI=1S/C20H23ClN4O5S/c1-29-11-9-25-19(30-10-11)16(8-22-25)31(27,28)24-20(26)23-18-14-6-2-4-12(14)17(21)13-5-3-7-15(13)18/h8,11H,2-7,9-10H2,1H3,(H2,23,24,26). The van der Waals surface area contributed by atoms with Crippen molar-refractivity contribution < 1.29 is 22.7 Å². The number of ether oxygens (including phenoxy) is 2. The molecular weight excluding hydrogens is 444 g/mol. The molecule has 2 amide bonds. The number of halogens is 1. The number of carbonyl (C=O) groups is 1. The molecule has 0 saturated carbocycles. The highest BCUT2D eigenvalue weighted by molar-refractivity contribution is 7.90. The van der Waals surface area contributed by atoms with Gasteiger partial charge in [0.1, 0.15) is 12.7 Å². The summed E-state index contributed by atoms with van der Waals surface area (Å²) in [6.45, 7) is 0.580. The van der Waals surface area contributed by atoms with Crippen LogP contribution in [-0.4, -0.2) is 44.1 Å². The maximum absolute atomic E-state index is 12.9. The number of anilines is 1. The molecule has 11 heteroatoms. The zero-order chi connectivity index (χ0) is 21.8. The number of hydrogen-bond acceptors (Lipinski definition) is 6. The number of hydrogen-bond donors (Lipinski definition) is 2. The molecule has 166 valence electrons. The third-order valence-electron chi connectivity index (χ3n) is 6.20. The van der Waals surface area contributed by atoms with E-state index < -0.39 is 16.1 Å². The lowest BCUT2D eigenvalue weighted by Crippen LogP contribution is -2.36. The summed E-state index contributed by atoms with van der Waals surface area (Å²) in [6.07, 6.45) is 6.28. The minimum atomic E-state index is -4.18. The Labute approximate surface area is 185 Å². The van der Waals surface area contributed by atoms with Gasteiger partial charge < -0.3 is 14.8 Å². The molecule has 1 aromatic carbocycles. The zero-order valence-corrected chi connectivity index (χ0v) is 18.6. The summed E-state index contributed by atoms with van der Waals surface area (Å²) in [7, 11) is -2.62. The second-order valence-electron chi connectivity index (χ2n) is 8.03. The highest BCUT2D eigenvalue weighted by Gasteiger charge is 2.32. The van der Waals surface area contributed by atoms with Gasteiger partial charge in [-0.1, -0.05) is 11.6 Å². The van der Waals surface area contributed by atoms with Crippen molar-refractivity contribution in [3.8, 4) is 5.88 Å². The van der Waals surface area contributed by atoms with Crippen molar-refractivity contribution >= 4 is 33.3 Å². The molecule has 5 rings (SSSR count). The maximum Gasteiger partial charge on any atom is 0.333 e. The van der Waals surface area contributed by atoms with Gasteiger partial charge in [0.15, 0.2) is 4.90 Å². The lowest BCUT2D eigenvalue weighted by atomic mass is 9.98. The van der Waals surface area contributed by atoms with Gasteiger partial charge in [-0.25, -0.2) is 22.6 Å². The Balaban J connectivity index is 1.40. The van der Waals surface area contributed by atoms with E-state index in [2.05, 4.69) is 15.1 Å². The first-order valence-electron chi connectivity index (χ1n) is 10.3. The topological polar surface area (TPSA) is 112 Å². The molecule has 0 fully saturated rings. The molecule has 0 saturated heterocycles. The zero-order valence-electron chi connectivity index (χ0n) is 17.0. The number of benzene rings is 1. The Morgan fingerprint density at radius 1 is 1.19 bits per heavy atom. The van der Waals surface area contributed by atoms with E-state index in [1.807, 2.05) is 0 Å². The molecule has 2 heterocycles. The van der Waals surface area contributed by atoms with Gasteiger partial charge in [0, 0.05) is 17.8 Å². The number of aromatic nitrogens is 2. The van der Waals surface area contributed by atoms with Gasteiger partial charge in [0.25, 0.3) is 10.0 Å². The monoisotopic (exact) mass is 466 g/mol. The smallest absolute Gasteiger partial charge is 0.333 e. The van der Waals surface area contributed by atoms with Crippen LogP contribution in [0.3, 0.4) is 0 Å². The molecule has 1 aliphatic heterocycles. The number of carbonyl (C=O) groups excluding carboxylic acids is 1. The molecular formula is C20H23ClN4O5S. The van der Waals surface area contributed by atoms with E-state index in [0.717, 1.165) is 65.8 Å². The van der Waals surface area contributed by atoms with Crippen LogP contribution in [0, 0.1) is 0 Å². The van der Waals surface area contributed by atoms with Gasteiger partial charge in [0.2, 0.25) is 5.88 Å². The summed E-state index contributed by atoms with van der Waals surface area (Å²) in [6, 6.07) is -0.809. The molecule has 3 aliphatic rings. The highest BCUT2D eigenvalue weighted by atomic mass is 35.5. The maximum atomic E-state index is 12.9. The summed E-state index contributed by atoms with van der Waals surface area (Å²) < 4.78 is 40.0. The molecule has 1 atom stereocenters. The third-order valence-corrected chi connectivity index (χ3v) is 7.97. The van der Waals surface area contributed by atoms with Gasteiger partial charge in [-0.2, -0.15) is 5.10 Å². The summed E-state index contributed by atoms with van der Waals surface area (Å²) >= 11 is 6.61. The predicted octanol–water partition coefficient (Wildman–Crippen LogP) is 2.43. The Bertz CT molecular complexity index is 1140. The number of urea groups is 1. The van der Waals surface area contributed by atoms with E-state index in [9.17, 15) is 13.2 Å². The quantitative estimate of drug-likeness (QED) is 0.715. The third kappa shape index (κ3) is 3.46. The first-order chi connectivity index (χ1) is 14.9. The fourth-order valence-corrected chi connectivity index (χ4v) is 6.13. The number of amides is 2. The lowest BCUT2D eigenvalue weighted by Gasteiger charge is -2.23. The average Bonchev–Trinajstić information content (AvgIpc) is 3.49. The fourth-order valence-electron chi connectivity index (χ4n) is 4.73. The van der Waals surface area contributed by atoms with Crippen molar-refractivity contribution in [1.82, 2.24) is 14.5 Å². The van der Waals surface area contributed by atoms with Gasteiger partial charge in [0.05, 0.1) is 12.7 Å². The number of methoxy groups -OCH3 is 1. The molecule has 1 unspecified atom stereocenters. The summed E-state index contributed by atoms with van der Waals surface area (Å²) in [5, 5.41) is 7.69. The molecule has 31 heavy (non-hydrogen) atoms. The second-order valence-corrected chi connectivity index (χ2v) is 10.1. The van der Waals surface area contributed by atoms with Crippen molar-refractivity contribution in [3.63, 3.8) is 0 Å². The fraction of sp³-hybridized carbons (Fsp3) is 0.500. The van der Waals surface area contributed by atoms with Crippen molar-refractivity contribution in [2.75, 3.05) is 19.0 Å². The number of sulfonamides is 1. The van der Waals surface area contributed by atoms with Crippen LogP contribution in [0.2, 0.25) is 5.02 Å². The molecule has 2 aromatic rings. The molecule has 0 spiro atoms. The largest absolute Gasteiger partial charge is 0.474 e. The van der Waals surface area contributed by atoms with Gasteiger partial charge in [-0.15, -0.1) is 0 Å². The SMILES string of the molecule is COC1COc2c(S(=O)(=O)NC(=O)Nc3c4c(c(Cl)c5c3CCC5)CCC4)cnn2C1. The molecule has 0 bridgehead atoms. The number of rotatable bonds is 4. The highest BCUT2D eigenvalue weighted by Crippen LogP contribution is 2.44. The molecule has 2 N–H and O–H groups in total. The summed E-state index contributed by atoms with van der Waals surface area (Å²) in [5.41, 5.74) is 4.91. The van der Waals surface area contributed by atoms with Gasteiger partial charge in [-0.3, -0.25) is 0 Å². The minimum absolute atomic E-state index is 0.0990. The van der Waals surface area contributed by atoms with Crippen LogP contribution in [0.25, 0.3) is 0 Å². The van der Waals surface area contributed by atoms with E-state index in [1.54, 1.807) is 7.11 Å². The number of nitrogens with zero attached hydrogens (tertiary/aromatic N) is 2. The van der Waals surface area contributed by atoms with Crippen LogP contribution in [0.4, 0.5) is 10.5 Å². The number of nitrogens with one attached hydrogen (secondary N) is 2. The first-order valence-corrected chi connectivity index (χ1v) is 12.1. The predicted molar refractivity (Wildman–Crippen MR) is 113 cm³/mol. The van der Waals surface area contributed by atoms with Crippen LogP contribution in [-0.2, 0) is 47.0 Å². The Hall–Kier alpha value is -2.30. The molecule has 1 aromatic heterocycles. The second kappa shape index (κ2) is 7.68. The van der Waals surface area contributed by atoms with E-state index in [1.165, 1.54) is 10.9 Å². The van der Waals surface area contributed by atoms with Crippen LogP contribution < -0.4 is 14.8 Å². The van der Waals surface area contributed by atoms with Crippen LogP contribution >= 0.6 is 11.6 Å². The van der Waals surface area contributed by atoms with Crippen molar-refractivity contribution in [1.29, 1.82) is 0 Å². The van der Waals surface area contributed by atoms with Crippen molar-refractivity contribution in [3.05, 3.63) is 33.5 Å². The molecule has 0 radical (unpaired) electrons. The normalized spacial score (nSPS) is 19.4. The minimum Gasteiger partial charge on any atom is -0.474 e. The Kier molecular flexibility index (Phi) is 5.10. The van der Waals surface area contributed by atoms with Crippen LogP contribution in [0.1, 0.15) is 35.1 Å². The lowest BCUT2D eigenvalue weighted by molar-refractivity contribution is 0.0165. The molecule has 2 aliphatic carbocycles. The molecule has 9 nitrogen and oxygen atoms in total. The van der Waals surface area contributed by atoms with Crippen molar-refractivity contribution in [2.45, 2.75) is 56.1 Å². The van der Waals surface area contributed by atoms with E-state index in [4.69, 9.17) is 21.1 Å². The van der Waals surface area contributed by atoms with E-state index in [-0.39, 0.29) is 23.5 Å². The van der Waals surface area contributed by atoms with Crippen LogP contribution in [0.15, 0.2) is 11.1 Å². The Morgan fingerprint density at radius 3 is 2.48 bits per heavy atom. The van der Waals surface area contributed by atoms with Gasteiger partial charge >= 0.3 is 6.03 Å². The van der Waals surface area contributed by atoms with Gasteiger partial charge in [-0.05, 0) is 60.8 Å². The average molecular weight is 467 g/mol. The van der Waals surface area contributed by atoms with E-state index >= 15 is 0 Å².